The van der Waals surface area contributed by atoms with Gasteiger partial charge in [-0.3, -0.25) is 9.89 Å². The summed E-state index contributed by atoms with van der Waals surface area (Å²) in [6, 6.07) is 13.3. The van der Waals surface area contributed by atoms with E-state index in [-0.39, 0.29) is 0 Å². The predicted octanol–water partition coefficient (Wildman–Crippen LogP) is 2.64. The van der Waals surface area contributed by atoms with E-state index in [1.807, 2.05) is 43.3 Å². The van der Waals surface area contributed by atoms with Crippen LogP contribution in [0.5, 0.6) is 0 Å². The lowest BCUT2D eigenvalue weighted by Gasteiger charge is -2.06. The van der Waals surface area contributed by atoms with E-state index in [0.717, 1.165) is 27.7 Å². The number of aromatic nitrogens is 2. The first-order chi connectivity index (χ1) is 9.16. The molecule has 3 rings (SSSR count). The molecule has 19 heavy (non-hydrogen) atoms. The van der Waals surface area contributed by atoms with Gasteiger partial charge in [0.1, 0.15) is 0 Å². The number of hydrogen-bond donors (Lipinski definition) is 2. The highest BCUT2D eigenvalue weighted by atomic mass is 16.1. The average Bonchev–Trinajstić information content (AvgIpc) is 2.83. The van der Waals surface area contributed by atoms with Gasteiger partial charge in [0.25, 0.3) is 0 Å². The number of nitrogens with one attached hydrogen (secondary N) is 1. The van der Waals surface area contributed by atoms with E-state index in [4.69, 9.17) is 5.73 Å². The lowest BCUT2D eigenvalue weighted by molar-refractivity contribution is 0.100. The predicted molar refractivity (Wildman–Crippen MR) is 74.8 cm³/mol. The van der Waals surface area contributed by atoms with Crippen molar-refractivity contribution >= 4 is 16.7 Å². The summed E-state index contributed by atoms with van der Waals surface area (Å²) in [5.74, 6) is -0.416. The van der Waals surface area contributed by atoms with Crippen molar-refractivity contribution in [3.05, 3.63) is 53.7 Å². The summed E-state index contributed by atoms with van der Waals surface area (Å²) < 4.78 is 0. The smallest absolute Gasteiger partial charge is 0.249 e. The molecule has 3 N–H and O–H groups in total. The Bertz CT molecular complexity index is 774. The minimum absolute atomic E-state index is 0.416. The van der Waals surface area contributed by atoms with Crippen LogP contribution in [0.1, 0.15) is 16.1 Å². The summed E-state index contributed by atoms with van der Waals surface area (Å²) >= 11 is 0. The van der Waals surface area contributed by atoms with Gasteiger partial charge < -0.3 is 5.73 Å². The number of fused-ring (bicyclic) bond motifs is 1. The van der Waals surface area contributed by atoms with Crippen LogP contribution in [-0.4, -0.2) is 16.1 Å². The monoisotopic (exact) mass is 251 g/mol. The highest BCUT2D eigenvalue weighted by Gasteiger charge is 2.11. The zero-order valence-electron chi connectivity index (χ0n) is 10.5. The second kappa shape index (κ2) is 4.24. The van der Waals surface area contributed by atoms with Crippen LogP contribution >= 0.6 is 0 Å². The van der Waals surface area contributed by atoms with Crippen LogP contribution in [-0.2, 0) is 0 Å². The van der Waals surface area contributed by atoms with Crippen molar-refractivity contribution in [2.45, 2.75) is 6.92 Å². The molecule has 0 saturated carbocycles. The van der Waals surface area contributed by atoms with E-state index in [1.54, 1.807) is 6.07 Å². The molecule has 1 amide bonds. The largest absolute Gasteiger partial charge is 0.366 e. The number of benzene rings is 2. The van der Waals surface area contributed by atoms with Crippen molar-refractivity contribution in [2.24, 2.45) is 5.73 Å². The maximum Gasteiger partial charge on any atom is 0.249 e. The molecule has 4 heteroatoms. The number of primary amides is 1. The van der Waals surface area contributed by atoms with Gasteiger partial charge in [-0.05, 0) is 29.8 Å². The molecule has 0 aliphatic heterocycles. The number of carbonyl (C=O) groups is 1. The molecule has 0 saturated heterocycles. The number of nitrogens with two attached hydrogens (primary N) is 1. The minimum Gasteiger partial charge on any atom is -0.366 e. The Morgan fingerprint density at radius 3 is 2.58 bits per heavy atom. The molecule has 0 radical (unpaired) electrons. The molecule has 94 valence electrons. The summed E-state index contributed by atoms with van der Waals surface area (Å²) in [5, 5.41) is 9.03. The van der Waals surface area contributed by atoms with Crippen LogP contribution in [0.2, 0.25) is 0 Å². The Morgan fingerprint density at radius 1 is 1.16 bits per heavy atom. The van der Waals surface area contributed by atoms with Gasteiger partial charge in [-0.25, -0.2) is 0 Å². The Morgan fingerprint density at radius 2 is 1.89 bits per heavy atom. The third-order valence-electron chi connectivity index (χ3n) is 3.17. The molecular formula is C15H13N3O. The fourth-order valence-electron chi connectivity index (χ4n) is 2.30. The number of aromatic amines is 1. The van der Waals surface area contributed by atoms with Gasteiger partial charge in [0.05, 0.1) is 5.69 Å². The Kier molecular flexibility index (Phi) is 2.56. The van der Waals surface area contributed by atoms with E-state index in [1.165, 1.54) is 0 Å². The molecule has 0 fully saturated rings. The van der Waals surface area contributed by atoms with E-state index < -0.39 is 5.91 Å². The zero-order chi connectivity index (χ0) is 13.4. The molecule has 2 aromatic carbocycles. The summed E-state index contributed by atoms with van der Waals surface area (Å²) in [6.07, 6.45) is 0. The first-order valence-electron chi connectivity index (χ1n) is 6.01. The molecule has 3 aromatic rings. The average molecular weight is 251 g/mol. The Balaban J connectivity index is 2.33. The molecule has 0 bridgehead atoms. The number of hydrogen-bond acceptors (Lipinski definition) is 2. The number of H-pyrrole nitrogens is 1. The van der Waals surface area contributed by atoms with Crippen molar-refractivity contribution in [2.75, 3.05) is 0 Å². The Hall–Kier alpha value is -2.62. The highest BCUT2D eigenvalue weighted by molar-refractivity contribution is 6.09. The van der Waals surface area contributed by atoms with Crippen LogP contribution in [0.15, 0.2) is 42.5 Å². The molecule has 0 spiro atoms. The first kappa shape index (κ1) is 11.5. The topological polar surface area (TPSA) is 71.8 Å². The molecule has 4 nitrogen and oxygen atoms in total. The highest BCUT2D eigenvalue weighted by Crippen LogP contribution is 2.29. The summed E-state index contributed by atoms with van der Waals surface area (Å²) in [4.78, 5) is 11.5. The number of carbonyl (C=O) groups excluding carboxylic acids is 1. The normalized spacial score (nSPS) is 10.8. The molecule has 0 aliphatic rings. The van der Waals surface area contributed by atoms with Gasteiger partial charge in [-0.1, -0.05) is 30.3 Å². The number of nitrogens with zero attached hydrogens (tertiary/aromatic N) is 1. The molecule has 0 aliphatic carbocycles. The quantitative estimate of drug-likeness (QED) is 0.735. The van der Waals surface area contributed by atoms with Gasteiger partial charge in [-0.15, -0.1) is 0 Å². The maximum absolute atomic E-state index is 11.5. The van der Waals surface area contributed by atoms with Crippen LogP contribution in [0.4, 0.5) is 0 Å². The lowest BCUT2D eigenvalue weighted by Crippen LogP contribution is -2.11. The van der Waals surface area contributed by atoms with Crippen molar-refractivity contribution in [1.29, 1.82) is 0 Å². The standard InChI is InChI=1S/C15H13N3O/c1-9-8-14(18-17-9)12-6-2-5-11-10(12)4-3-7-13(11)15(16)19/h2-8H,1H3,(H2,16,19)(H,17,18). The van der Waals surface area contributed by atoms with Crippen LogP contribution in [0.3, 0.4) is 0 Å². The van der Waals surface area contributed by atoms with E-state index >= 15 is 0 Å². The summed E-state index contributed by atoms with van der Waals surface area (Å²) in [5.41, 5.74) is 8.80. The molecule has 1 heterocycles. The molecule has 0 atom stereocenters. The SMILES string of the molecule is Cc1cc(-c2cccc3c(C(N)=O)cccc23)n[nH]1. The van der Waals surface area contributed by atoms with Crippen molar-refractivity contribution in [1.82, 2.24) is 10.2 Å². The third kappa shape index (κ3) is 1.87. The van der Waals surface area contributed by atoms with Crippen LogP contribution in [0.25, 0.3) is 22.0 Å². The van der Waals surface area contributed by atoms with E-state index in [9.17, 15) is 4.79 Å². The lowest BCUT2D eigenvalue weighted by atomic mass is 9.98. The van der Waals surface area contributed by atoms with Crippen LogP contribution < -0.4 is 5.73 Å². The number of aryl methyl sites for hydroxylation is 1. The van der Waals surface area contributed by atoms with Crippen molar-refractivity contribution in [3.63, 3.8) is 0 Å². The second-order valence-electron chi connectivity index (χ2n) is 4.51. The van der Waals surface area contributed by atoms with Gasteiger partial charge in [-0.2, -0.15) is 5.10 Å². The van der Waals surface area contributed by atoms with E-state index in [0.29, 0.717) is 5.56 Å². The minimum atomic E-state index is -0.416. The molecule has 1 aromatic heterocycles. The fourth-order valence-corrected chi connectivity index (χ4v) is 2.30. The van der Waals surface area contributed by atoms with Gasteiger partial charge >= 0.3 is 0 Å². The zero-order valence-corrected chi connectivity index (χ0v) is 10.5. The summed E-state index contributed by atoms with van der Waals surface area (Å²) in [6.45, 7) is 1.95. The second-order valence-corrected chi connectivity index (χ2v) is 4.51. The number of rotatable bonds is 2. The summed E-state index contributed by atoms with van der Waals surface area (Å²) in [7, 11) is 0. The van der Waals surface area contributed by atoms with Gasteiger partial charge in [0, 0.05) is 16.8 Å². The maximum atomic E-state index is 11.5. The van der Waals surface area contributed by atoms with Crippen molar-refractivity contribution < 1.29 is 4.79 Å². The number of amides is 1. The van der Waals surface area contributed by atoms with Gasteiger partial charge in [0.2, 0.25) is 5.91 Å². The van der Waals surface area contributed by atoms with E-state index in [2.05, 4.69) is 10.2 Å². The van der Waals surface area contributed by atoms with Gasteiger partial charge in [0.15, 0.2) is 0 Å². The van der Waals surface area contributed by atoms with Crippen LogP contribution in [0, 0.1) is 6.92 Å². The first-order valence-corrected chi connectivity index (χ1v) is 6.01. The van der Waals surface area contributed by atoms with Crippen molar-refractivity contribution in [3.8, 4) is 11.3 Å². The third-order valence-corrected chi connectivity index (χ3v) is 3.17. The molecule has 0 unspecified atom stereocenters. The molecular weight excluding hydrogens is 238 g/mol. The Labute approximate surface area is 110 Å². The fraction of sp³-hybridized carbons (Fsp3) is 0.0667.